The molecule has 0 aliphatic rings. The van der Waals surface area contributed by atoms with Crippen molar-refractivity contribution in [2.45, 2.75) is 0 Å². The molecule has 0 atom stereocenters. The topological polar surface area (TPSA) is 24.4 Å². The van der Waals surface area contributed by atoms with Gasteiger partial charge in [0.2, 0.25) is 0 Å². The third-order valence-electron chi connectivity index (χ3n) is 3.31. The number of hydrogen-bond donors (Lipinski definition) is 1. The third kappa shape index (κ3) is 4.05. The van der Waals surface area contributed by atoms with Crippen LogP contribution in [-0.4, -0.2) is 5.71 Å². The van der Waals surface area contributed by atoms with Crippen LogP contribution in [0.2, 0.25) is 0 Å². The van der Waals surface area contributed by atoms with E-state index in [1.54, 1.807) is 12.1 Å². The smallest absolute Gasteiger partial charge is 0.123 e. The second-order valence-corrected chi connectivity index (χ2v) is 5.87. The summed E-state index contributed by atoms with van der Waals surface area (Å²) in [5, 5.41) is 4.52. The second-order valence-electron chi connectivity index (χ2n) is 4.95. The van der Waals surface area contributed by atoms with Gasteiger partial charge >= 0.3 is 0 Å². The second kappa shape index (κ2) is 7.20. The molecule has 0 unspecified atom stereocenters. The van der Waals surface area contributed by atoms with Crippen LogP contribution in [0, 0.1) is 5.82 Å². The minimum absolute atomic E-state index is 0.268. The Balaban J connectivity index is 1.96. The van der Waals surface area contributed by atoms with Crippen molar-refractivity contribution in [3.05, 3.63) is 100 Å². The van der Waals surface area contributed by atoms with Crippen molar-refractivity contribution in [3.8, 4) is 0 Å². The maximum Gasteiger partial charge on any atom is 0.123 e. The van der Waals surface area contributed by atoms with Crippen LogP contribution in [0.3, 0.4) is 0 Å². The van der Waals surface area contributed by atoms with E-state index < -0.39 is 0 Å². The van der Waals surface area contributed by atoms with E-state index in [1.807, 2.05) is 54.6 Å². The highest BCUT2D eigenvalue weighted by Crippen LogP contribution is 2.16. The van der Waals surface area contributed by atoms with Crippen LogP contribution in [0.1, 0.15) is 11.1 Å². The van der Waals surface area contributed by atoms with Gasteiger partial charge in [-0.25, -0.2) is 4.39 Å². The Morgan fingerprint density at radius 2 is 1.39 bits per heavy atom. The highest BCUT2D eigenvalue weighted by Gasteiger charge is 2.07. The molecule has 0 spiro atoms. The number of nitrogens with one attached hydrogen (secondary N) is 1. The molecule has 3 rings (SSSR count). The van der Waals surface area contributed by atoms with E-state index in [0.29, 0.717) is 0 Å². The molecule has 1 N–H and O–H groups in total. The van der Waals surface area contributed by atoms with Gasteiger partial charge in [-0.1, -0.05) is 58.4 Å². The molecule has 0 heterocycles. The fourth-order valence-electron chi connectivity index (χ4n) is 2.14. The van der Waals surface area contributed by atoms with Crippen LogP contribution < -0.4 is 5.43 Å². The molecule has 3 aromatic rings. The predicted octanol–water partition coefficient (Wildman–Crippen LogP) is 5.45. The average Bonchev–Trinajstić information content (AvgIpc) is 2.59. The molecule has 0 aliphatic heterocycles. The SMILES string of the molecule is Fc1ccc(NN=C(c2ccccc2)c2ccc(Br)cc2)cc1. The maximum absolute atomic E-state index is 13.0. The number of halogens is 2. The Morgan fingerprint density at radius 3 is 2.04 bits per heavy atom. The number of benzene rings is 3. The predicted molar refractivity (Wildman–Crippen MR) is 96.2 cm³/mol. The Morgan fingerprint density at radius 1 is 0.783 bits per heavy atom. The van der Waals surface area contributed by atoms with E-state index in [4.69, 9.17) is 0 Å². The normalized spacial score (nSPS) is 11.3. The van der Waals surface area contributed by atoms with Gasteiger partial charge in [-0.15, -0.1) is 0 Å². The molecule has 4 heteroatoms. The Labute approximate surface area is 142 Å². The van der Waals surface area contributed by atoms with Crippen molar-refractivity contribution in [1.82, 2.24) is 0 Å². The zero-order valence-corrected chi connectivity index (χ0v) is 13.8. The molecule has 0 saturated carbocycles. The molecule has 0 amide bonds. The van der Waals surface area contributed by atoms with E-state index in [9.17, 15) is 4.39 Å². The van der Waals surface area contributed by atoms with Crippen LogP contribution in [0.15, 0.2) is 88.4 Å². The van der Waals surface area contributed by atoms with Crippen LogP contribution >= 0.6 is 15.9 Å². The zero-order valence-electron chi connectivity index (χ0n) is 12.2. The first-order chi connectivity index (χ1) is 11.2. The minimum atomic E-state index is -0.268. The van der Waals surface area contributed by atoms with Crippen LogP contribution in [0.25, 0.3) is 0 Å². The molecule has 0 bridgehead atoms. The van der Waals surface area contributed by atoms with Gasteiger partial charge in [-0.2, -0.15) is 5.10 Å². The lowest BCUT2D eigenvalue weighted by molar-refractivity contribution is 0.628. The first-order valence-electron chi connectivity index (χ1n) is 7.13. The zero-order chi connectivity index (χ0) is 16.1. The Bertz CT molecular complexity index is 797. The Kier molecular flexibility index (Phi) is 4.83. The van der Waals surface area contributed by atoms with Crippen molar-refractivity contribution in [2.75, 3.05) is 5.43 Å². The van der Waals surface area contributed by atoms with Gasteiger partial charge in [0, 0.05) is 15.6 Å². The third-order valence-corrected chi connectivity index (χ3v) is 3.83. The lowest BCUT2D eigenvalue weighted by atomic mass is 10.0. The van der Waals surface area contributed by atoms with Gasteiger partial charge in [0.1, 0.15) is 5.82 Å². The van der Waals surface area contributed by atoms with E-state index in [0.717, 1.165) is 27.0 Å². The van der Waals surface area contributed by atoms with E-state index >= 15 is 0 Å². The van der Waals surface area contributed by atoms with Gasteiger partial charge in [-0.3, -0.25) is 5.43 Å². The molecule has 0 saturated heterocycles. The molecule has 3 aromatic carbocycles. The van der Waals surface area contributed by atoms with Crippen molar-refractivity contribution in [2.24, 2.45) is 5.10 Å². The minimum Gasteiger partial charge on any atom is -0.278 e. The van der Waals surface area contributed by atoms with Crippen molar-refractivity contribution in [1.29, 1.82) is 0 Å². The standard InChI is InChI=1S/C19H14BrFN2/c20-16-8-6-15(7-9-16)19(14-4-2-1-3-5-14)23-22-18-12-10-17(21)11-13-18/h1-13,22H. The van der Waals surface area contributed by atoms with Gasteiger partial charge in [0.15, 0.2) is 0 Å². The number of hydrazone groups is 1. The summed E-state index contributed by atoms with van der Waals surface area (Å²) in [7, 11) is 0. The Hall–Kier alpha value is -2.46. The monoisotopic (exact) mass is 368 g/mol. The highest BCUT2D eigenvalue weighted by molar-refractivity contribution is 9.10. The first kappa shape index (κ1) is 15.4. The summed E-state index contributed by atoms with van der Waals surface area (Å²) in [6, 6.07) is 24.0. The summed E-state index contributed by atoms with van der Waals surface area (Å²) < 4.78 is 14.0. The highest BCUT2D eigenvalue weighted by atomic mass is 79.9. The molecule has 0 aromatic heterocycles. The summed E-state index contributed by atoms with van der Waals surface area (Å²) in [4.78, 5) is 0. The quantitative estimate of drug-likeness (QED) is 0.480. The van der Waals surface area contributed by atoms with Crippen LogP contribution in [0.5, 0.6) is 0 Å². The van der Waals surface area contributed by atoms with Gasteiger partial charge < -0.3 is 0 Å². The lowest BCUT2D eigenvalue weighted by Crippen LogP contribution is -2.06. The molecular weight excluding hydrogens is 355 g/mol. The molecular formula is C19H14BrFN2. The van der Waals surface area contributed by atoms with Crippen LogP contribution in [-0.2, 0) is 0 Å². The molecule has 2 nitrogen and oxygen atoms in total. The van der Waals surface area contributed by atoms with Crippen molar-refractivity contribution in [3.63, 3.8) is 0 Å². The molecule has 0 fully saturated rings. The maximum atomic E-state index is 13.0. The molecule has 23 heavy (non-hydrogen) atoms. The van der Waals surface area contributed by atoms with E-state index in [-0.39, 0.29) is 5.82 Å². The number of anilines is 1. The summed E-state index contributed by atoms with van der Waals surface area (Å²) in [5.41, 5.74) is 6.55. The van der Waals surface area contributed by atoms with Gasteiger partial charge in [0.25, 0.3) is 0 Å². The van der Waals surface area contributed by atoms with Crippen LogP contribution in [0.4, 0.5) is 10.1 Å². The molecule has 0 aliphatic carbocycles. The van der Waals surface area contributed by atoms with E-state index in [1.165, 1.54) is 12.1 Å². The summed E-state index contributed by atoms with van der Waals surface area (Å²) in [6.45, 7) is 0. The van der Waals surface area contributed by atoms with Crippen molar-refractivity contribution >= 4 is 27.3 Å². The average molecular weight is 369 g/mol. The van der Waals surface area contributed by atoms with E-state index in [2.05, 4.69) is 26.5 Å². The summed E-state index contributed by atoms with van der Waals surface area (Å²) in [6.07, 6.45) is 0. The van der Waals surface area contributed by atoms with Crippen molar-refractivity contribution < 1.29 is 4.39 Å². The summed E-state index contributed by atoms with van der Waals surface area (Å²) in [5.74, 6) is -0.268. The molecule has 114 valence electrons. The van der Waals surface area contributed by atoms with Gasteiger partial charge in [-0.05, 0) is 36.4 Å². The lowest BCUT2D eigenvalue weighted by Gasteiger charge is -2.09. The number of rotatable bonds is 4. The first-order valence-corrected chi connectivity index (χ1v) is 7.92. The number of nitrogens with zero attached hydrogens (tertiary/aromatic N) is 1. The van der Waals surface area contributed by atoms with Gasteiger partial charge in [0.05, 0.1) is 11.4 Å². The fraction of sp³-hybridized carbons (Fsp3) is 0. The summed E-state index contributed by atoms with van der Waals surface area (Å²) >= 11 is 3.44. The fourth-order valence-corrected chi connectivity index (χ4v) is 2.41. The molecule has 0 radical (unpaired) electrons. The number of hydrogen-bond acceptors (Lipinski definition) is 2. The largest absolute Gasteiger partial charge is 0.278 e.